The average Bonchev–Trinajstić information content (AvgIpc) is 3.38. The van der Waals surface area contributed by atoms with Crippen LogP contribution >= 0.6 is 0 Å². The average molecular weight is 521 g/mol. The molecule has 0 heterocycles. The van der Waals surface area contributed by atoms with Crippen LogP contribution < -0.4 is 0 Å². The Labute approximate surface area is 219 Å². The molecule has 0 aromatic rings. The molecular formula is C31H64Si3. The van der Waals surface area contributed by atoms with Crippen molar-refractivity contribution < 1.29 is 0 Å². The van der Waals surface area contributed by atoms with E-state index in [0.717, 1.165) is 11.8 Å². The van der Waals surface area contributed by atoms with Gasteiger partial charge in [-0.05, 0) is 81.2 Å². The van der Waals surface area contributed by atoms with Crippen LogP contribution in [-0.2, 0) is 0 Å². The van der Waals surface area contributed by atoms with Crippen LogP contribution in [0.25, 0.3) is 0 Å². The van der Waals surface area contributed by atoms with E-state index >= 15 is 0 Å². The van der Waals surface area contributed by atoms with E-state index in [1.807, 2.05) is 0 Å². The SMILES string of the molecule is CC(C)=C(C)[Si](C)(C)CC(C)(C)/C(C)=C(/C)[Si](C)(C)CC(C)(C)C1CC1C(C)(C)C[Si](C)(C)C. The highest BCUT2D eigenvalue weighted by atomic mass is 28.3. The van der Waals surface area contributed by atoms with Gasteiger partial charge in [0.05, 0.1) is 16.1 Å². The highest BCUT2D eigenvalue weighted by Crippen LogP contribution is 2.62. The largest absolute Gasteiger partial charge is 0.0851 e. The Morgan fingerprint density at radius 2 is 0.971 bits per heavy atom. The first-order valence-corrected chi connectivity index (χ1v) is 24.2. The first-order chi connectivity index (χ1) is 14.8. The second-order valence-electron chi connectivity index (χ2n) is 17.0. The molecule has 1 aliphatic rings. The molecule has 1 aliphatic carbocycles. The summed E-state index contributed by atoms with van der Waals surface area (Å²) in [4.78, 5) is 0. The highest BCUT2D eigenvalue weighted by molar-refractivity contribution is 6.85. The van der Waals surface area contributed by atoms with E-state index in [2.05, 4.69) is 122 Å². The lowest BCUT2D eigenvalue weighted by Gasteiger charge is -2.41. The molecule has 1 saturated carbocycles. The maximum absolute atomic E-state index is 2.66. The van der Waals surface area contributed by atoms with Gasteiger partial charge in [0.1, 0.15) is 0 Å². The Morgan fingerprint density at radius 3 is 1.35 bits per heavy atom. The Hall–Kier alpha value is 0.131. The maximum Gasteiger partial charge on any atom is 0.0758 e. The van der Waals surface area contributed by atoms with Crippen LogP contribution in [-0.4, -0.2) is 24.2 Å². The van der Waals surface area contributed by atoms with Crippen LogP contribution in [0.4, 0.5) is 0 Å². The quantitative estimate of drug-likeness (QED) is 0.237. The summed E-state index contributed by atoms with van der Waals surface area (Å²) in [5.41, 5.74) is 4.49. The molecular weight excluding hydrogens is 457 g/mol. The predicted molar refractivity (Wildman–Crippen MR) is 168 cm³/mol. The van der Waals surface area contributed by atoms with Crippen molar-refractivity contribution in [3.05, 3.63) is 21.5 Å². The smallest absolute Gasteiger partial charge is 0.0758 e. The van der Waals surface area contributed by atoms with Crippen LogP contribution in [0, 0.1) is 28.1 Å². The fraction of sp³-hybridized carbons (Fsp3) is 0.871. The van der Waals surface area contributed by atoms with Crippen molar-refractivity contribution in [1.29, 1.82) is 0 Å². The summed E-state index contributed by atoms with van der Waals surface area (Å²) in [7, 11) is -3.96. The molecule has 2 unspecified atom stereocenters. The minimum absolute atomic E-state index is 0.284. The van der Waals surface area contributed by atoms with Gasteiger partial charge in [-0.25, -0.2) is 0 Å². The van der Waals surface area contributed by atoms with Crippen molar-refractivity contribution in [2.45, 2.75) is 147 Å². The molecule has 0 bridgehead atoms. The van der Waals surface area contributed by atoms with Gasteiger partial charge in [0.2, 0.25) is 0 Å². The molecule has 0 aromatic carbocycles. The van der Waals surface area contributed by atoms with Gasteiger partial charge in [-0.15, -0.1) is 0 Å². The van der Waals surface area contributed by atoms with Crippen LogP contribution in [0.15, 0.2) is 21.5 Å². The lowest BCUT2D eigenvalue weighted by molar-refractivity contribution is 0.250. The molecule has 0 N–H and O–H groups in total. The zero-order chi connectivity index (χ0) is 27.3. The van der Waals surface area contributed by atoms with Crippen molar-refractivity contribution in [2.24, 2.45) is 28.1 Å². The highest BCUT2D eigenvalue weighted by Gasteiger charge is 2.55. The monoisotopic (exact) mass is 520 g/mol. The molecule has 0 amide bonds. The molecule has 0 radical (unpaired) electrons. The first-order valence-electron chi connectivity index (χ1n) is 14.1. The summed E-state index contributed by atoms with van der Waals surface area (Å²) >= 11 is 0. The summed E-state index contributed by atoms with van der Waals surface area (Å²) in [5, 5.41) is 3.48. The molecule has 34 heavy (non-hydrogen) atoms. The maximum atomic E-state index is 2.66. The van der Waals surface area contributed by atoms with Crippen LogP contribution in [0.3, 0.4) is 0 Å². The molecule has 200 valence electrons. The summed E-state index contributed by atoms with van der Waals surface area (Å²) in [6.07, 6.45) is 1.46. The second kappa shape index (κ2) is 10.1. The lowest BCUT2D eigenvalue weighted by Crippen LogP contribution is -2.40. The van der Waals surface area contributed by atoms with Gasteiger partial charge in [0, 0.05) is 8.07 Å². The van der Waals surface area contributed by atoms with E-state index < -0.39 is 24.2 Å². The van der Waals surface area contributed by atoms with Gasteiger partial charge in [0.15, 0.2) is 0 Å². The summed E-state index contributed by atoms with van der Waals surface area (Å²) in [6, 6.07) is 4.25. The Balaban J connectivity index is 3.11. The third kappa shape index (κ3) is 8.07. The third-order valence-electron chi connectivity index (χ3n) is 9.92. The van der Waals surface area contributed by atoms with Crippen LogP contribution in [0.2, 0.25) is 64.0 Å². The number of hydrogen-bond donors (Lipinski definition) is 0. The third-order valence-corrected chi connectivity index (χ3v) is 20.4. The van der Waals surface area contributed by atoms with E-state index in [1.54, 1.807) is 21.5 Å². The van der Waals surface area contributed by atoms with Gasteiger partial charge < -0.3 is 0 Å². The van der Waals surface area contributed by atoms with E-state index in [0.29, 0.717) is 10.8 Å². The molecule has 1 rings (SSSR count). The van der Waals surface area contributed by atoms with Crippen LogP contribution in [0.1, 0.15) is 82.6 Å². The van der Waals surface area contributed by atoms with Gasteiger partial charge in [-0.1, -0.05) is 115 Å². The van der Waals surface area contributed by atoms with E-state index in [-0.39, 0.29) is 5.41 Å². The Kier molecular flexibility index (Phi) is 9.57. The first kappa shape index (κ1) is 32.2. The van der Waals surface area contributed by atoms with Gasteiger partial charge in [0.25, 0.3) is 0 Å². The zero-order valence-electron chi connectivity index (χ0n) is 27.0. The molecule has 0 spiro atoms. The van der Waals surface area contributed by atoms with Crippen molar-refractivity contribution >= 4 is 24.2 Å². The van der Waals surface area contributed by atoms with E-state index in [4.69, 9.17) is 0 Å². The molecule has 0 aromatic heterocycles. The van der Waals surface area contributed by atoms with E-state index in [9.17, 15) is 0 Å². The molecule has 0 nitrogen and oxygen atoms in total. The van der Waals surface area contributed by atoms with Crippen molar-refractivity contribution in [2.75, 3.05) is 0 Å². The summed E-state index contributed by atoms with van der Waals surface area (Å²) < 4.78 is 0. The predicted octanol–water partition coefficient (Wildman–Crippen LogP) is 11.2. The topological polar surface area (TPSA) is 0 Å². The lowest BCUT2D eigenvalue weighted by atomic mass is 9.81. The van der Waals surface area contributed by atoms with Crippen molar-refractivity contribution in [1.82, 2.24) is 0 Å². The van der Waals surface area contributed by atoms with Crippen molar-refractivity contribution in [3.63, 3.8) is 0 Å². The van der Waals surface area contributed by atoms with Gasteiger partial charge in [-0.3, -0.25) is 0 Å². The molecule has 2 atom stereocenters. The van der Waals surface area contributed by atoms with Gasteiger partial charge >= 0.3 is 0 Å². The van der Waals surface area contributed by atoms with Gasteiger partial charge in [-0.2, -0.15) is 0 Å². The number of allylic oxidation sites excluding steroid dienone is 4. The van der Waals surface area contributed by atoms with Crippen LogP contribution in [0.5, 0.6) is 0 Å². The fourth-order valence-electron chi connectivity index (χ4n) is 7.88. The molecule has 0 saturated heterocycles. The molecule has 0 aliphatic heterocycles. The number of hydrogen-bond acceptors (Lipinski definition) is 0. The zero-order valence-corrected chi connectivity index (χ0v) is 30.0. The minimum Gasteiger partial charge on any atom is -0.0851 e. The summed E-state index contributed by atoms with van der Waals surface area (Å²) in [5.74, 6) is 1.85. The second-order valence-corrected chi connectivity index (χ2v) is 32.3. The fourth-order valence-corrected chi connectivity index (χ4v) is 19.1. The van der Waals surface area contributed by atoms with Crippen molar-refractivity contribution in [3.8, 4) is 0 Å². The molecule has 3 heteroatoms. The standard InChI is InChI=1S/C31H64Si3/c1-23(2)25(4)33(15,16)21-29(6,7)24(3)26(5)34(17,18)22-31(10,11)28-19-27(28)30(8,9)20-32(12,13)14/h27-28H,19-22H2,1-18H3/b26-24-. The molecule has 1 fully saturated rings. The normalized spacial score (nSPS) is 21.4. The number of rotatable bonds is 11. The summed E-state index contributed by atoms with van der Waals surface area (Å²) in [6.45, 7) is 45.6. The Morgan fingerprint density at radius 1 is 0.588 bits per heavy atom. The Bertz CT molecular complexity index is 793. The van der Waals surface area contributed by atoms with E-state index in [1.165, 1.54) is 24.6 Å². The minimum atomic E-state index is -1.51.